The van der Waals surface area contributed by atoms with E-state index >= 15 is 0 Å². The molecule has 2 N–H and O–H groups in total. The van der Waals surface area contributed by atoms with E-state index in [0.29, 0.717) is 11.8 Å². The van der Waals surface area contributed by atoms with Crippen molar-refractivity contribution in [3.05, 3.63) is 35.6 Å². The molecule has 5 unspecified atom stereocenters. The van der Waals surface area contributed by atoms with Crippen LogP contribution in [-0.2, 0) is 11.2 Å². The minimum absolute atomic E-state index is 0.0739. The van der Waals surface area contributed by atoms with E-state index in [1.54, 1.807) is 12.1 Å². The standard InChI is InChI=1S/C17H22FNO2/c1-10(7-11-3-2-4-14(18)8-11)19-16-13-6-5-12(9-13)15(16)17(20)21/h2-4,8,10,12-13,15-16,19H,5-7,9H2,1H3,(H,20,21). The average molecular weight is 291 g/mol. The van der Waals surface area contributed by atoms with E-state index in [2.05, 4.69) is 12.2 Å². The lowest BCUT2D eigenvalue weighted by molar-refractivity contribution is -0.144. The van der Waals surface area contributed by atoms with Gasteiger partial charge >= 0.3 is 5.97 Å². The topological polar surface area (TPSA) is 49.3 Å². The monoisotopic (exact) mass is 291 g/mol. The lowest BCUT2D eigenvalue weighted by Crippen LogP contribution is -2.48. The Balaban J connectivity index is 1.64. The molecule has 0 aliphatic heterocycles. The van der Waals surface area contributed by atoms with Crippen LogP contribution in [0.1, 0.15) is 31.7 Å². The van der Waals surface area contributed by atoms with Gasteiger partial charge in [-0.15, -0.1) is 0 Å². The number of carbonyl (C=O) groups is 1. The number of nitrogens with one attached hydrogen (secondary N) is 1. The molecule has 2 saturated carbocycles. The van der Waals surface area contributed by atoms with Gasteiger partial charge in [-0.25, -0.2) is 4.39 Å². The lowest BCUT2D eigenvalue weighted by Gasteiger charge is -2.31. The molecule has 114 valence electrons. The van der Waals surface area contributed by atoms with Crippen molar-refractivity contribution in [1.29, 1.82) is 0 Å². The van der Waals surface area contributed by atoms with E-state index < -0.39 is 5.97 Å². The fraction of sp³-hybridized carbons (Fsp3) is 0.588. The second-order valence-electron chi connectivity index (χ2n) is 6.62. The van der Waals surface area contributed by atoms with E-state index in [4.69, 9.17) is 0 Å². The molecule has 0 spiro atoms. The number of aliphatic carboxylic acids is 1. The van der Waals surface area contributed by atoms with Gasteiger partial charge in [-0.05, 0) is 62.1 Å². The van der Waals surface area contributed by atoms with Crippen LogP contribution in [0.25, 0.3) is 0 Å². The normalized spacial score (nSPS) is 32.3. The van der Waals surface area contributed by atoms with Gasteiger partial charge in [-0.2, -0.15) is 0 Å². The molecule has 1 aromatic carbocycles. The first-order valence-electron chi connectivity index (χ1n) is 7.78. The Labute approximate surface area is 124 Å². The summed E-state index contributed by atoms with van der Waals surface area (Å²) in [6.45, 7) is 2.05. The molecule has 2 bridgehead atoms. The highest BCUT2D eigenvalue weighted by atomic mass is 19.1. The van der Waals surface area contributed by atoms with Crippen molar-refractivity contribution in [1.82, 2.24) is 5.32 Å². The molecule has 2 fully saturated rings. The molecule has 0 amide bonds. The first-order chi connectivity index (χ1) is 10.0. The van der Waals surface area contributed by atoms with Crippen LogP contribution in [0.3, 0.4) is 0 Å². The third-order valence-electron chi connectivity index (χ3n) is 5.11. The zero-order chi connectivity index (χ0) is 15.0. The number of benzene rings is 1. The maximum atomic E-state index is 13.2. The number of hydrogen-bond acceptors (Lipinski definition) is 2. The van der Waals surface area contributed by atoms with E-state index in [0.717, 1.165) is 31.2 Å². The van der Waals surface area contributed by atoms with Crippen LogP contribution in [0.2, 0.25) is 0 Å². The Hall–Kier alpha value is -1.42. The summed E-state index contributed by atoms with van der Waals surface area (Å²) in [5.74, 6) is -0.308. The molecule has 0 radical (unpaired) electrons. The predicted octanol–water partition coefficient (Wildman–Crippen LogP) is 2.85. The molecule has 3 nitrogen and oxygen atoms in total. The van der Waals surface area contributed by atoms with Gasteiger partial charge in [0, 0.05) is 12.1 Å². The van der Waals surface area contributed by atoms with Gasteiger partial charge in [-0.3, -0.25) is 4.79 Å². The second-order valence-corrected chi connectivity index (χ2v) is 6.62. The zero-order valence-electron chi connectivity index (χ0n) is 12.3. The Kier molecular flexibility index (Phi) is 3.98. The van der Waals surface area contributed by atoms with Gasteiger partial charge in [0.25, 0.3) is 0 Å². The highest BCUT2D eigenvalue weighted by Crippen LogP contribution is 2.48. The van der Waals surface area contributed by atoms with Crippen LogP contribution in [-0.4, -0.2) is 23.2 Å². The lowest BCUT2D eigenvalue weighted by atomic mass is 9.84. The number of hydrogen-bond donors (Lipinski definition) is 2. The smallest absolute Gasteiger partial charge is 0.308 e. The van der Waals surface area contributed by atoms with Gasteiger partial charge in [0.15, 0.2) is 0 Å². The molecule has 0 aromatic heterocycles. The predicted molar refractivity (Wildman–Crippen MR) is 78.4 cm³/mol. The summed E-state index contributed by atoms with van der Waals surface area (Å²) in [7, 11) is 0. The van der Waals surface area contributed by atoms with Crippen LogP contribution >= 0.6 is 0 Å². The Morgan fingerprint density at radius 1 is 1.43 bits per heavy atom. The number of halogens is 1. The third-order valence-corrected chi connectivity index (χ3v) is 5.11. The van der Waals surface area contributed by atoms with Crippen molar-refractivity contribution in [3.63, 3.8) is 0 Å². The fourth-order valence-corrected chi connectivity index (χ4v) is 4.29. The molecule has 2 aliphatic carbocycles. The largest absolute Gasteiger partial charge is 0.481 e. The Morgan fingerprint density at radius 2 is 2.19 bits per heavy atom. The summed E-state index contributed by atoms with van der Waals surface area (Å²) < 4.78 is 13.2. The maximum absolute atomic E-state index is 13.2. The zero-order valence-corrected chi connectivity index (χ0v) is 12.3. The van der Waals surface area contributed by atoms with E-state index in [-0.39, 0.29) is 23.8 Å². The Bertz CT molecular complexity index is 533. The van der Waals surface area contributed by atoms with Crippen LogP contribution in [0.4, 0.5) is 4.39 Å². The fourth-order valence-electron chi connectivity index (χ4n) is 4.29. The molecule has 0 heterocycles. The van der Waals surface area contributed by atoms with Crippen LogP contribution in [0.15, 0.2) is 24.3 Å². The highest BCUT2D eigenvalue weighted by Gasteiger charge is 2.51. The average Bonchev–Trinajstić information content (AvgIpc) is 2.99. The summed E-state index contributed by atoms with van der Waals surface area (Å²) >= 11 is 0. The Morgan fingerprint density at radius 3 is 2.90 bits per heavy atom. The molecule has 1 aromatic rings. The number of fused-ring (bicyclic) bond motifs is 2. The van der Waals surface area contributed by atoms with E-state index in [1.807, 2.05) is 6.07 Å². The van der Waals surface area contributed by atoms with Gasteiger partial charge in [0.2, 0.25) is 0 Å². The van der Waals surface area contributed by atoms with Gasteiger partial charge < -0.3 is 10.4 Å². The van der Waals surface area contributed by atoms with Gasteiger partial charge in [-0.1, -0.05) is 12.1 Å². The molecule has 0 saturated heterocycles. The molecular weight excluding hydrogens is 269 g/mol. The quantitative estimate of drug-likeness (QED) is 0.877. The summed E-state index contributed by atoms with van der Waals surface area (Å²) in [4.78, 5) is 11.5. The van der Waals surface area contributed by atoms with Crippen molar-refractivity contribution in [2.24, 2.45) is 17.8 Å². The minimum Gasteiger partial charge on any atom is -0.481 e. The van der Waals surface area contributed by atoms with Crippen molar-refractivity contribution in [2.75, 3.05) is 0 Å². The second kappa shape index (κ2) is 5.76. The number of rotatable bonds is 5. The molecule has 5 atom stereocenters. The minimum atomic E-state index is -0.669. The number of carboxylic acids is 1. The summed E-state index contributed by atoms with van der Waals surface area (Å²) in [5.41, 5.74) is 0.949. The van der Waals surface area contributed by atoms with Crippen molar-refractivity contribution >= 4 is 5.97 Å². The molecule has 21 heavy (non-hydrogen) atoms. The molecular formula is C17H22FNO2. The number of carboxylic acid groups (broad SMARTS) is 1. The molecule has 3 rings (SSSR count). The van der Waals surface area contributed by atoms with Crippen LogP contribution in [0, 0.1) is 23.6 Å². The third kappa shape index (κ3) is 2.95. The van der Waals surface area contributed by atoms with Crippen LogP contribution < -0.4 is 5.32 Å². The summed E-state index contributed by atoms with van der Waals surface area (Å²) in [6.07, 6.45) is 3.95. The van der Waals surface area contributed by atoms with Crippen LogP contribution in [0.5, 0.6) is 0 Å². The maximum Gasteiger partial charge on any atom is 0.308 e. The van der Waals surface area contributed by atoms with Gasteiger partial charge in [0.1, 0.15) is 5.82 Å². The van der Waals surface area contributed by atoms with Crippen molar-refractivity contribution < 1.29 is 14.3 Å². The SMILES string of the molecule is CC(Cc1cccc(F)c1)NC1C2CCC(C2)C1C(=O)O. The summed E-state index contributed by atoms with van der Waals surface area (Å²) in [5, 5.41) is 13.0. The molecule has 4 heteroatoms. The highest BCUT2D eigenvalue weighted by molar-refractivity contribution is 5.72. The van der Waals surface area contributed by atoms with E-state index in [9.17, 15) is 14.3 Å². The first-order valence-corrected chi connectivity index (χ1v) is 7.78. The van der Waals surface area contributed by atoms with Crippen molar-refractivity contribution in [3.8, 4) is 0 Å². The summed E-state index contributed by atoms with van der Waals surface area (Å²) in [6, 6.07) is 6.85. The van der Waals surface area contributed by atoms with E-state index in [1.165, 1.54) is 6.07 Å². The van der Waals surface area contributed by atoms with Crippen molar-refractivity contribution in [2.45, 2.75) is 44.7 Å². The first kappa shape index (κ1) is 14.5. The van der Waals surface area contributed by atoms with Gasteiger partial charge in [0.05, 0.1) is 5.92 Å². The molecule has 2 aliphatic rings.